The number of hydrogen-bond acceptors (Lipinski definition) is 5. The van der Waals surface area contributed by atoms with E-state index in [9.17, 15) is 9.59 Å². The van der Waals surface area contributed by atoms with Crippen LogP contribution in [0.5, 0.6) is 0 Å². The van der Waals surface area contributed by atoms with Crippen molar-refractivity contribution in [3.8, 4) is 0 Å². The molecule has 1 amide bonds. The highest BCUT2D eigenvalue weighted by Gasteiger charge is 2.21. The minimum Gasteiger partial charge on any atom is -0.326 e. The number of aromatic amines is 1. The molecule has 158 valence electrons. The number of nitrogens with zero attached hydrogens (tertiary/aromatic N) is 1. The summed E-state index contributed by atoms with van der Waals surface area (Å²) in [5.41, 5.74) is 3.33. The van der Waals surface area contributed by atoms with Crippen LogP contribution >= 0.6 is 23.1 Å². The first kappa shape index (κ1) is 21.1. The second-order valence-electron chi connectivity index (χ2n) is 7.70. The fourth-order valence-corrected chi connectivity index (χ4v) is 5.89. The number of benzene rings is 1. The molecule has 4 rings (SSSR count). The van der Waals surface area contributed by atoms with Crippen LogP contribution in [0.1, 0.15) is 54.4 Å². The standard InChI is InChI=1S/C23H27N3O2S2/c1-2-3-5-15-8-10-16(11-9-15)24-20(27)12-13-29-14-19-25-22(28)21-17-6-4-7-18(17)30-23(21)26-19/h8-11H,2-7,12-14H2,1H3,(H,24,27)(H,25,26,28). The summed E-state index contributed by atoms with van der Waals surface area (Å²) >= 11 is 3.28. The van der Waals surface area contributed by atoms with Crippen LogP contribution in [0, 0.1) is 0 Å². The molecule has 5 nitrogen and oxygen atoms in total. The van der Waals surface area contributed by atoms with Gasteiger partial charge in [0.05, 0.1) is 11.1 Å². The van der Waals surface area contributed by atoms with E-state index in [1.807, 2.05) is 12.1 Å². The van der Waals surface area contributed by atoms with E-state index in [0.717, 1.165) is 41.6 Å². The van der Waals surface area contributed by atoms with Crippen molar-refractivity contribution >= 4 is 44.9 Å². The number of carbonyl (C=O) groups is 1. The Morgan fingerprint density at radius 1 is 1.27 bits per heavy atom. The molecular formula is C23H27N3O2S2. The molecule has 0 aliphatic heterocycles. The molecule has 1 aliphatic rings. The van der Waals surface area contributed by atoms with E-state index in [1.165, 1.54) is 28.8 Å². The lowest BCUT2D eigenvalue weighted by Gasteiger charge is -2.07. The minimum absolute atomic E-state index is 0.00962. The van der Waals surface area contributed by atoms with Gasteiger partial charge in [0, 0.05) is 22.7 Å². The number of thiophene rings is 1. The van der Waals surface area contributed by atoms with Crippen molar-refractivity contribution in [1.29, 1.82) is 0 Å². The molecule has 1 aliphatic carbocycles. The lowest BCUT2D eigenvalue weighted by molar-refractivity contribution is -0.115. The van der Waals surface area contributed by atoms with E-state index in [4.69, 9.17) is 0 Å². The maximum atomic E-state index is 12.5. The second-order valence-corrected chi connectivity index (χ2v) is 9.89. The number of aromatic nitrogens is 2. The van der Waals surface area contributed by atoms with E-state index in [2.05, 4.69) is 34.3 Å². The van der Waals surface area contributed by atoms with Crippen LogP contribution in [-0.2, 0) is 29.8 Å². The van der Waals surface area contributed by atoms with Crippen LogP contribution in [0.25, 0.3) is 10.2 Å². The van der Waals surface area contributed by atoms with Crippen molar-refractivity contribution in [2.24, 2.45) is 0 Å². The molecule has 1 aromatic carbocycles. The highest BCUT2D eigenvalue weighted by Crippen LogP contribution is 2.34. The number of H-pyrrole nitrogens is 1. The summed E-state index contributed by atoms with van der Waals surface area (Å²) in [4.78, 5) is 34.4. The van der Waals surface area contributed by atoms with Gasteiger partial charge in [0.2, 0.25) is 5.91 Å². The summed E-state index contributed by atoms with van der Waals surface area (Å²) in [6.07, 6.45) is 7.08. The number of amides is 1. The molecule has 0 unspecified atom stereocenters. The molecule has 0 atom stereocenters. The predicted octanol–water partition coefficient (Wildman–Crippen LogP) is 5.08. The van der Waals surface area contributed by atoms with E-state index < -0.39 is 0 Å². The van der Waals surface area contributed by atoms with Crippen LogP contribution < -0.4 is 10.9 Å². The van der Waals surface area contributed by atoms with Gasteiger partial charge in [-0.1, -0.05) is 25.5 Å². The number of nitrogens with one attached hydrogen (secondary N) is 2. The van der Waals surface area contributed by atoms with Crippen LogP contribution in [0.4, 0.5) is 5.69 Å². The molecule has 0 radical (unpaired) electrons. The third-order valence-corrected chi connectivity index (χ3v) is 7.55. The number of rotatable bonds is 9. The van der Waals surface area contributed by atoms with Crippen molar-refractivity contribution in [3.63, 3.8) is 0 Å². The lowest BCUT2D eigenvalue weighted by Crippen LogP contribution is -2.13. The Kier molecular flexibility index (Phi) is 6.89. The smallest absolute Gasteiger partial charge is 0.259 e. The Balaban J connectivity index is 1.25. The number of hydrogen-bond donors (Lipinski definition) is 2. The maximum absolute atomic E-state index is 12.5. The molecule has 3 aromatic rings. The normalized spacial score (nSPS) is 13.0. The van der Waals surface area contributed by atoms with E-state index >= 15 is 0 Å². The Hall–Kier alpha value is -2.12. The first-order valence-electron chi connectivity index (χ1n) is 10.6. The Morgan fingerprint density at radius 3 is 2.90 bits per heavy atom. The van der Waals surface area contributed by atoms with Gasteiger partial charge in [-0.2, -0.15) is 11.8 Å². The molecule has 7 heteroatoms. The number of carbonyl (C=O) groups excluding carboxylic acids is 1. The molecule has 2 aromatic heterocycles. The summed E-state index contributed by atoms with van der Waals surface area (Å²) in [5.74, 6) is 1.99. The SMILES string of the molecule is CCCCc1ccc(NC(=O)CCSCc2nc3sc4c(c3c(=O)[nH]2)CCC4)cc1. The van der Waals surface area contributed by atoms with E-state index in [0.29, 0.717) is 23.8 Å². The molecule has 0 bridgehead atoms. The van der Waals surface area contributed by atoms with Gasteiger partial charge in [-0.25, -0.2) is 4.98 Å². The molecule has 2 N–H and O–H groups in total. The van der Waals surface area contributed by atoms with Gasteiger partial charge in [-0.05, 0) is 55.4 Å². The number of thioether (sulfide) groups is 1. The van der Waals surface area contributed by atoms with Gasteiger partial charge in [-0.15, -0.1) is 11.3 Å². The summed E-state index contributed by atoms with van der Waals surface area (Å²) in [6, 6.07) is 8.11. The van der Waals surface area contributed by atoms with Crippen molar-refractivity contribution in [1.82, 2.24) is 9.97 Å². The monoisotopic (exact) mass is 441 g/mol. The van der Waals surface area contributed by atoms with Gasteiger partial charge in [-0.3, -0.25) is 9.59 Å². The topological polar surface area (TPSA) is 74.8 Å². The van der Waals surface area contributed by atoms with Gasteiger partial charge >= 0.3 is 0 Å². The fourth-order valence-electron chi connectivity index (χ4n) is 3.81. The molecule has 30 heavy (non-hydrogen) atoms. The molecule has 0 saturated carbocycles. The molecule has 0 fully saturated rings. The predicted molar refractivity (Wildman–Crippen MR) is 127 cm³/mol. The van der Waals surface area contributed by atoms with Crippen LogP contribution in [0.15, 0.2) is 29.1 Å². The third kappa shape index (κ3) is 4.95. The van der Waals surface area contributed by atoms with Crippen LogP contribution in [0.3, 0.4) is 0 Å². The van der Waals surface area contributed by atoms with Gasteiger partial charge < -0.3 is 10.3 Å². The maximum Gasteiger partial charge on any atom is 0.259 e. The average Bonchev–Trinajstić information content (AvgIpc) is 3.31. The summed E-state index contributed by atoms with van der Waals surface area (Å²) in [6.45, 7) is 2.19. The minimum atomic E-state index is -0.0184. The van der Waals surface area contributed by atoms with Crippen LogP contribution in [0.2, 0.25) is 0 Å². The molecule has 2 heterocycles. The van der Waals surface area contributed by atoms with Gasteiger partial charge in [0.15, 0.2) is 0 Å². The van der Waals surface area contributed by atoms with Gasteiger partial charge in [0.1, 0.15) is 10.7 Å². The van der Waals surface area contributed by atoms with E-state index in [-0.39, 0.29) is 11.5 Å². The summed E-state index contributed by atoms with van der Waals surface area (Å²) < 4.78 is 0. The Labute approximate surface area is 184 Å². The lowest BCUT2D eigenvalue weighted by atomic mass is 10.1. The van der Waals surface area contributed by atoms with Gasteiger partial charge in [0.25, 0.3) is 5.56 Å². The average molecular weight is 442 g/mol. The molecule has 0 saturated heterocycles. The third-order valence-electron chi connectivity index (χ3n) is 5.39. The zero-order valence-corrected chi connectivity index (χ0v) is 18.9. The Morgan fingerprint density at radius 2 is 2.10 bits per heavy atom. The number of fused-ring (bicyclic) bond motifs is 3. The number of aryl methyl sites for hydroxylation is 3. The van der Waals surface area contributed by atoms with Crippen molar-refractivity contribution in [2.45, 2.75) is 57.6 Å². The first-order chi connectivity index (χ1) is 14.6. The van der Waals surface area contributed by atoms with Crippen molar-refractivity contribution < 1.29 is 4.79 Å². The summed E-state index contributed by atoms with van der Waals surface area (Å²) in [5, 5.41) is 3.75. The zero-order chi connectivity index (χ0) is 20.9. The molecule has 0 spiro atoms. The highest BCUT2D eigenvalue weighted by molar-refractivity contribution is 7.98. The first-order valence-corrected chi connectivity index (χ1v) is 12.6. The van der Waals surface area contributed by atoms with Crippen LogP contribution in [-0.4, -0.2) is 21.6 Å². The molecular weight excluding hydrogens is 414 g/mol. The largest absolute Gasteiger partial charge is 0.326 e. The number of unbranched alkanes of at least 4 members (excludes halogenated alkanes) is 1. The number of anilines is 1. The van der Waals surface area contributed by atoms with E-state index in [1.54, 1.807) is 23.1 Å². The van der Waals surface area contributed by atoms with Crippen molar-refractivity contribution in [2.75, 3.05) is 11.1 Å². The highest BCUT2D eigenvalue weighted by atomic mass is 32.2. The summed E-state index contributed by atoms with van der Waals surface area (Å²) in [7, 11) is 0. The zero-order valence-electron chi connectivity index (χ0n) is 17.3. The second kappa shape index (κ2) is 9.79. The quantitative estimate of drug-likeness (QED) is 0.454. The van der Waals surface area contributed by atoms with Crippen molar-refractivity contribution in [3.05, 3.63) is 56.4 Å². The Bertz CT molecular complexity index is 1090. The fraction of sp³-hybridized carbons (Fsp3) is 0.435.